The highest BCUT2D eigenvalue weighted by atomic mass is 35.5. The average molecular weight is 372 g/mol. The number of anilines is 1. The predicted molar refractivity (Wildman–Crippen MR) is 92.3 cm³/mol. The molecule has 2 rings (SSSR count). The first-order valence-electron chi connectivity index (χ1n) is 7.75. The van der Waals surface area contributed by atoms with E-state index in [1.807, 2.05) is 13.8 Å². The Morgan fingerprint density at radius 3 is 2.56 bits per heavy atom. The van der Waals surface area contributed by atoms with Gasteiger partial charge in [0.15, 0.2) is 0 Å². The molecule has 1 aromatic heterocycles. The number of ether oxygens (including phenoxy) is 1. The third kappa shape index (κ3) is 4.69. The second-order valence-electron chi connectivity index (χ2n) is 5.91. The number of halogens is 3. The largest absolute Gasteiger partial charge is 0.435 e. The molecule has 0 aliphatic heterocycles. The van der Waals surface area contributed by atoms with Crippen molar-refractivity contribution < 1.29 is 18.3 Å². The number of benzene rings is 1. The molecule has 0 saturated carbocycles. The van der Waals surface area contributed by atoms with Gasteiger partial charge in [-0.2, -0.15) is 13.9 Å². The third-order valence-corrected chi connectivity index (χ3v) is 4.42. The number of nitrogens with zero attached hydrogens (tertiary/aromatic N) is 2. The molecular weight excluding hydrogens is 352 g/mol. The van der Waals surface area contributed by atoms with Crippen molar-refractivity contribution in [2.24, 2.45) is 5.92 Å². The average Bonchev–Trinajstić information content (AvgIpc) is 2.76. The maximum absolute atomic E-state index is 12.4. The summed E-state index contributed by atoms with van der Waals surface area (Å²) >= 11 is 6.11. The van der Waals surface area contributed by atoms with Gasteiger partial charge in [-0.3, -0.25) is 9.48 Å². The Bertz CT molecular complexity index is 777. The van der Waals surface area contributed by atoms with Gasteiger partial charge in [0, 0.05) is 5.69 Å². The smallest absolute Gasteiger partial charge is 0.387 e. The van der Waals surface area contributed by atoms with Gasteiger partial charge >= 0.3 is 6.61 Å². The minimum absolute atomic E-state index is 0.0517. The van der Waals surface area contributed by atoms with Crippen molar-refractivity contribution >= 4 is 23.2 Å². The Morgan fingerprint density at radius 1 is 1.36 bits per heavy atom. The van der Waals surface area contributed by atoms with Crippen molar-refractivity contribution in [2.45, 2.75) is 40.9 Å². The number of amides is 1. The van der Waals surface area contributed by atoms with Gasteiger partial charge in [-0.1, -0.05) is 18.5 Å². The summed E-state index contributed by atoms with van der Waals surface area (Å²) in [7, 11) is 0. The fraction of sp³-hybridized carbons (Fsp3) is 0.412. The Morgan fingerprint density at radius 2 is 2.04 bits per heavy atom. The molecule has 1 heterocycles. The Balaban J connectivity index is 2.04. The molecule has 1 atom stereocenters. The monoisotopic (exact) mass is 371 g/mol. The molecule has 0 aliphatic carbocycles. The standard InChI is InChI=1S/C17H20ClF2N3O2/c1-9-7-13(25-17(19)20)5-6-14(9)21-16(24)10(2)8-23-12(4)15(18)11(3)22-23/h5-7,10,17H,8H2,1-4H3,(H,21,24)/t10-/m1/s1. The topological polar surface area (TPSA) is 56.1 Å². The lowest BCUT2D eigenvalue weighted by atomic mass is 10.1. The molecule has 0 bridgehead atoms. The lowest BCUT2D eigenvalue weighted by molar-refractivity contribution is -0.119. The maximum atomic E-state index is 12.4. The molecule has 1 N–H and O–H groups in total. The summed E-state index contributed by atoms with van der Waals surface area (Å²) < 4.78 is 30.5. The van der Waals surface area contributed by atoms with Crippen LogP contribution in [0.25, 0.3) is 0 Å². The fourth-order valence-electron chi connectivity index (χ4n) is 2.40. The summed E-state index contributed by atoms with van der Waals surface area (Å²) in [6, 6.07) is 4.38. The van der Waals surface area contributed by atoms with E-state index in [2.05, 4.69) is 15.2 Å². The summed E-state index contributed by atoms with van der Waals surface area (Å²) in [4.78, 5) is 12.4. The van der Waals surface area contributed by atoms with Crippen LogP contribution in [0.2, 0.25) is 5.02 Å². The van der Waals surface area contributed by atoms with E-state index in [9.17, 15) is 13.6 Å². The van der Waals surface area contributed by atoms with Gasteiger partial charge in [-0.05, 0) is 44.5 Å². The zero-order valence-corrected chi connectivity index (χ0v) is 15.2. The van der Waals surface area contributed by atoms with Gasteiger partial charge in [0.05, 0.1) is 28.9 Å². The van der Waals surface area contributed by atoms with Gasteiger partial charge in [0.25, 0.3) is 0 Å². The first kappa shape index (κ1) is 19.2. The Labute approximate surface area is 149 Å². The van der Waals surface area contributed by atoms with Crippen LogP contribution in [0.1, 0.15) is 23.9 Å². The summed E-state index contributed by atoms with van der Waals surface area (Å²) in [5.41, 5.74) is 2.71. The predicted octanol–water partition coefficient (Wildman–Crippen LogP) is 4.34. The number of alkyl halides is 2. The van der Waals surface area contributed by atoms with Gasteiger partial charge in [-0.15, -0.1) is 0 Å². The normalized spacial score (nSPS) is 12.3. The van der Waals surface area contributed by atoms with E-state index < -0.39 is 6.61 Å². The molecule has 2 aromatic rings. The van der Waals surface area contributed by atoms with Gasteiger partial charge in [0.1, 0.15) is 5.75 Å². The van der Waals surface area contributed by atoms with Crippen molar-refractivity contribution in [3.63, 3.8) is 0 Å². The molecule has 5 nitrogen and oxygen atoms in total. The van der Waals surface area contributed by atoms with E-state index in [4.69, 9.17) is 11.6 Å². The molecule has 0 aliphatic rings. The van der Waals surface area contributed by atoms with Crippen LogP contribution in [-0.2, 0) is 11.3 Å². The minimum atomic E-state index is -2.88. The number of hydrogen-bond acceptors (Lipinski definition) is 3. The lowest BCUT2D eigenvalue weighted by Crippen LogP contribution is -2.25. The van der Waals surface area contributed by atoms with Crippen LogP contribution >= 0.6 is 11.6 Å². The number of carbonyl (C=O) groups excluding carboxylic acids is 1. The molecule has 0 spiro atoms. The maximum Gasteiger partial charge on any atom is 0.387 e. The zero-order chi connectivity index (χ0) is 18.7. The number of carbonyl (C=O) groups is 1. The Hall–Kier alpha value is -2.15. The first-order chi connectivity index (χ1) is 11.7. The lowest BCUT2D eigenvalue weighted by Gasteiger charge is -2.15. The molecule has 136 valence electrons. The van der Waals surface area contributed by atoms with Crippen LogP contribution in [0.15, 0.2) is 18.2 Å². The second-order valence-corrected chi connectivity index (χ2v) is 6.29. The highest BCUT2D eigenvalue weighted by molar-refractivity contribution is 6.31. The van der Waals surface area contributed by atoms with Crippen LogP contribution in [0.4, 0.5) is 14.5 Å². The summed E-state index contributed by atoms with van der Waals surface area (Å²) in [5.74, 6) is -0.504. The van der Waals surface area contributed by atoms with Crippen LogP contribution in [0, 0.1) is 26.7 Å². The first-order valence-corrected chi connectivity index (χ1v) is 8.12. The molecule has 1 aromatic carbocycles. The molecule has 8 heteroatoms. The number of aromatic nitrogens is 2. The number of aryl methyl sites for hydroxylation is 2. The summed E-state index contributed by atoms with van der Waals surface area (Å²) in [5, 5.41) is 7.70. The van der Waals surface area contributed by atoms with Crippen LogP contribution < -0.4 is 10.1 Å². The number of hydrogen-bond donors (Lipinski definition) is 1. The molecule has 0 unspecified atom stereocenters. The molecular formula is C17H20ClF2N3O2. The molecule has 0 saturated heterocycles. The molecule has 0 radical (unpaired) electrons. The van der Waals surface area contributed by atoms with E-state index in [0.29, 0.717) is 22.8 Å². The quantitative estimate of drug-likeness (QED) is 0.821. The summed E-state index contributed by atoms with van der Waals surface area (Å²) in [6.45, 7) is 4.65. The van der Waals surface area contributed by atoms with Crippen LogP contribution in [-0.4, -0.2) is 22.3 Å². The highest BCUT2D eigenvalue weighted by Gasteiger charge is 2.18. The van der Waals surface area contributed by atoms with Gasteiger partial charge < -0.3 is 10.1 Å². The highest BCUT2D eigenvalue weighted by Crippen LogP contribution is 2.24. The van der Waals surface area contributed by atoms with Crippen LogP contribution in [0.3, 0.4) is 0 Å². The molecule has 0 fully saturated rings. The van der Waals surface area contributed by atoms with E-state index in [1.54, 1.807) is 18.5 Å². The van der Waals surface area contributed by atoms with E-state index >= 15 is 0 Å². The van der Waals surface area contributed by atoms with Crippen molar-refractivity contribution in [1.82, 2.24) is 9.78 Å². The van der Waals surface area contributed by atoms with E-state index in [0.717, 1.165) is 11.4 Å². The Kier molecular flexibility index (Phi) is 6.00. The molecule has 25 heavy (non-hydrogen) atoms. The van der Waals surface area contributed by atoms with Crippen molar-refractivity contribution in [3.05, 3.63) is 40.2 Å². The van der Waals surface area contributed by atoms with Gasteiger partial charge in [-0.25, -0.2) is 0 Å². The van der Waals surface area contributed by atoms with Crippen molar-refractivity contribution in [3.8, 4) is 5.75 Å². The second kappa shape index (κ2) is 7.82. The van der Waals surface area contributed by atoms with Crippen molar-refractivity contribution in [2.75, 3.05) is 5.32 Å². The minimum Gasteiger partial charge on any atom is -0.435 e. The van der Waals surface area contributed by atoms with Gasteiger partial charge in [0.2, 0.25) is 5.91 Å². The van der Waals surface area contributed by atoms with E-state index in [1.165, 1.54) is 18.2 Å². The van der Waals surface area contributed by atoms with E-state index in [-0.39, 0.29) is 17.6 Å². The third-order valence-electron chi connectivity index (χ3n) is 3.87. The molecule has 1 amide bonds. The zero-order valence-electron chi connectivity index (χ0n) is 14.4. The number of nitrogens with one attached hydrogen (secondary N) is 1. The summed E-state index contributed by atoms with van der Waals surface area (Å²) in [6.07, 6.45) is 0. The fourth-order valence-corrected chi connectivity index (χ4v) is 2.54. The van der Waals surface area contributed by atoms with Crippen LogP contribution in [0.5, 0.6) is 5.75 Å². The SMILES string of the molecule is Cc1cc(OC(F)F)ccc1NC(=O)[C@H](C)Cn1nc(C)c(Cl)c1C. The van der Waals surface area contributed by atoms with Crippen molar-refractivity contribution in [1.29, 1.82) is 0 Å². The number of rotatable bonds is 6.